The van der Waals surface area contributed by atoms with Crippen molar-refractivity contribution >= 4 is 11.6 Å². The Balaban J connectivity index is 2.28. The van der Waals surface area contributed by atoms with Gasteiger partial charge in [-0.15, -0.1) is 0 Å². The first kappa shape index (κ1) is 16.0. The zero-order chi connectivity index (χ0) is 15.1. The molecule has 2 rings (SSSR count). The SMILES string of the molecule is CCCCCC(CN)(Cn1cncn1)c1ccc(Cl)cc1. The monoisotopic (exact) mass is 306 g/mol. The molecule has 0 aliphatic carbocycles. The van der Waals surface area contributed by atoms with Crippen LogP contribution in [0.25, 0.3) is 0 Å². The van der Waals surface area contributed by atoms with Crippen LogP contribution in [0.3, 0.4) is 0 Å². The molecular weight excluding hydrogens is 284 g/mol. The lowest BCUT2D eigenvalue weighted by atomic mass is 9.76. The zero-order valence-electron chi connectivity index (χ0n) is 12.5. The van der Waals surface area contributed by atoms with Crippen LogP contribution in [0.5, 0.6) is 0 Å². The van der Waals surface area contributed by atoms with Crippen LogP contribution >= 0.6 is 11.6 Å². The second kappa shape index (κ2) is 7.57. The molecule has 0 aliphatic rings. The van der Waals surface area contributed by atoms with E-state index < -0.39 is 0 Å². The number of hydrogen-bond acceptors (Lipinski definition) is 3. The second-order valence-corrected chi connectivity index (χ2v) is 5.98. The molecule has 0 spiro atoms. The summed E-state index contributed by atoms with van der Waals surface area (Å²) < 4.78 is 1.87. The van der Waals surface area contributed by atoms with Crippen molar-refractivity contribution in [3.05, 3.63) is 47.5 Å². The first-order valence-electron chi connectivity index (χ1n) is 7.49. The summed E-state index contributed by atoms with van der Waals surface area (Å²) in [6, 6.07) is 8.03. The quantitative estimate of drug-likeness (QED) is 0.760. The lowest BCUT2D eigenvalue weighted by Crippen LogP contribution is -2.39. The molecule has 1 heterocycles. The molecule has 5 heteroatoms. The first-order valence-corrected chi connectivity index (χ1v) is 7.86. The summed E-state index contributed by atoms with van der Waals surface area (Å²) in [5.74, 6) is 0. The van der Waals surface area contributed by atoms with Crippen molar-refractivity contribution in [2.45, 2.75) is 44.6 Å². The highest BCUT2D eigenvalue weighted by Crippen LogP contribution is 2.32. The number of benzene rings is 1. The van der Waals surface area contributed by atoms with E-state index in [0.717, 1.165) is 24.4 Å². The van der Waals surface area contributed by atoms with Gasteiger partial charge in [0.05, 0.1) is 6.54 Å². The third-order valence-corrected chi connectivity index (χ3v) is 4.29. The van der Waals surface area contributed by atoms with Gasteiger partial charge in [0.15, 0.2) is 0 Å². The number of unbranched alkanes of at least 4 members (excludes halogenated alkanes) is 2. The van der Waals surface area contributed by atoms with Crippen molar-refractivity contribution in [3.63, 3.8) is 0 Å². The molecule has 2 N–H and O–H groups in total. The van der Waals surface area contributed by atoms with E-state index in [1.807, 2.05) is 16.8 Å². The fourth-order valence-corrected chi connectivity index (χ4v) is 2.87. The Morgan fingerprint density at radius 1 is 1.24 bits per heavy atom. The molecule has 114 valence electrons. The summed E-state index contributed by atoms with van der Waals surface area (Å²) in [6.45, 7) is 3.54. The Hall–Kier alpha value is -1.39. The van der Waals surface area contributed by atoms with Gasteiger partial charge < -0.3 is 5.73 Å². The van der Waals surface area contributed by atoms with Crippen molar-refractivity contribution in [3.8, 4) is 0 Å². The van der Waals surface area contributed by atoms with Gasteiger partial charge in [0, 0.05) is 17.0 Å². The largest absolute Gasteiger partial charge is 0.330 e. The summed E-state index contributed by atoms with van der Waals surface area (Å²) in [7, 11) is 0. The predicted octanol–water partition coefficient (Wildman–Crippen LogP) is 3.41. The predicted molar refractivity (Wildman–Crippen MR) is 86.3 cm³/mol. The summed E-state index contributed by atoms with van der Waals surface area (Å²) >= 11 is 6.02. The number of hydrogen-bond donors (Lipinski definition) is 1. The van der Waals surface area contributed by atoms with Gasteiger partial charge in [-0.05, 0) is 24.1 Å². The molecule has 0 radical (unpaired) electrons. The van der Waals surface area contributed by atoms with E-state index in [1.165, 1.54) is 18.4 Å². The number of rotatable bonds is 8. The molecule has 0 saturated carbocycles. The van der Waals surface area contributed by atoms with E-state index >= 15 is 0 Å². The molecular formula is C16H23ClN4. The van der Waals surface area contributed by atoms with E-state index in [-0.39, 0.29) is 5.41 Å². The van der Waals surface area contributed by atoms with Crippen molar-refractivity contribution in [2.75, 3.05) is 6.54 Å². The Morgan fingerprint density at radius 3 is 2.57 bits per heavy atom. The average Bonchev–Trinajstić information content (AvgIpc) is 3.00. The van der Waals surface area contributed by atoms with Gasteiger partial charge in [-0.2, -0.15) is 5.10 Å². The van der Waals surface area contributed by atoms with E-state index in [0.29, 0.717) is 6.54 Å². The average molecular weight is 307 g/mol. The number of nitrogens with zero attached hydrogens (tertiary/aromatic N) is 3. The smallest absolute Gasteiger partial charge is 0.137 e. The molecule has 0 saturated heterocycles. The van der Waals surface area contributed by atoms with E-state index in [4.69, 9.17) is 17.3 Å². The minimum Gasteiger partial charge on any atom is -0.330 e. The van der Waals surface area contributed by atoms with Crippen LogP contribution in [-0.4, -0.2) is 21.3 Å². The molecule has 4 nitrogen and oxygen atoms in total. The molecule has 21 heavy (non-hydrogen) atoms. The molecule has 0 fully saturated rings. The number of aromatic nitrogens is 3. The van der Waals surface area contributed by atoms with Gasteiger partial charge in [-0.1, -0.05) is 49.9 Å². The minimum absolute atomic E-state index is 0.118. The van der Waals surface area contributed by atoms with Gasteiger partial charge in [0.1, 0.15) is 12.7 Å². The van der Waals surface area contributed by atoms with Crippen LogP contribution < -0.4 is 5.73 Å². The van der Waals surface area contributed by atoms with Gasteiger partial charge in [0.25, 0.3) is 0 Å². The molecule has 0 aliphatic heterocycles. The Labute approximate surface area is 131 Å². The highest BCUT2D eigenvalue weighted by atomic mass is 35.5. The highest BCUT2D eigenvalue weighted by molar-refractivity contribution is 6.30. The lowest BCUT2D eigenvalue weighted by Gasteiger charge is -2.33. The van der Waals surface area contributed by atoms with Gasteiger partial charge in [0.2, 0.25) is 0 Å². The Kier molecular flexibility index (Phi) is 5.76. The maximum atomic E-state index is 6.18. The fourth-order valence-electron chi connectivity index (χ4n) is 2.74. The van der Waals surface area contributed by atoms with Gasteiger partial charge in [-0.3, -0.25) is 4.68 Å². The lowest BCUT2D eigenvalue weighted by molar-refractivity contribution is 0.317. The van der Waals surface area contributed by atoms with Gasteiger partial charge in [-0.25, -0.2) is 4.98 Å². The number of nitrogens with two attached hydrogens (primary N) is 1. The molecule has 0 amide bonds. The van der Waals surface area contributed by atoms with Crippen molar-refractivity contribution < 1.29 is 0 Å². The molecule has 1 aromatic carbocycles. The van der Waals surface area contributed by atoms with E-state index in [9.17, 15) is 0 Å². The van der Waals surface area contributed by atoms with Crippen molar-refractivity contribution in [1.29, 1.82) is 0 Å². The van der Waals surface area contributed by atoms with Crippen LogP contribution in [0.4, 0.5) is 0 Å². The van der Waals surface area contributed by atoms with E-state index in [1.54, 1.807) is 12.7 Å². The van der Waals surface area contributed by atoms with Gasteiger partial charge >= 0.3 is 0 Å². The normalized spacial score (nSPS) is 14.0. The van der Waals surface area contributed by atoms with E-state index in [2.05, 4.69) is 29.1 Å². The molecule has 1 aromatic heterocycles. The maximum absolute atomic E-state index is 6.18. The van der Waals surface area contributed by atoms with Crippen LogP contribution in [-0.2, 0) is 12.0 Å². The molecule has 2 aromatic rings. The molecule has 1 unspecified atom stereocenters. The van der Waals surface area contributed by atoms with Crippen LogP contribution in [0.15, 0.2) is 36.9 Å². The van der Waals surface area contributed by atoms with Crippen molar-refractivity contribution in [2.24, 2.45) is 5.73 Å². The Morgan fingerprint density at radius 2 is 2.00 bits per heavy atom. The molecule has 0 bridgehead atoms. The first-order chi connectivity index (χ1) is 10.2. The standard InChI is InChI=1S/C16H23ClN4/c1-2-3-4-9-16(10-18,11-21-13-19-12-20-21)14-5-7-15(17)8-6-14/h5-8,12-13H,2-4,9-11,18H2,1H3. The number of halogens is 1. The zero-order valence-corrected chi connectivity index (χ0v) is 13.3. The van der Waals surface area contributed by atoms with Crippen LogP contribution in [0, 0.1) is 0 Å². The maximum Gasteiger partial charge on any atom is 0.137 e. The Bertz CT molecular complexity index is 524. The van der Waals surface area contributed by atoms with Crippen LogP contribution in [0.2, 0.25) is 5.02 Å². The third kappa shape index (κ3) is 4.05. The van der Waals surface area contributed by atoms with Crippen molar-refractivity contribution in [1.82, 2.24) is 14.8 Å². The fraction of sp³-hybridized carbons (Fsp3) is 0.500. The summed E-state index contributed by atoms with van der Waals surface area (Å²) in [5.41, 5.74) is 7.29. The summed E-state index contributed by atoms with van der Waals surface area (Å²) in [5, 5.41) is 4.99. The summed E-state index contributed by atoms with van der Waals surface area (Å²) in [4.78, 5) is 4.03. The minimum atomic E-state index is -0.118. The third-order valence-electron chi connectivity index (χ3n) is 4.04. The highest BCUT2D eigenvalue weighted by Gasteiger charge is 2.31. The summed E-state index contributed by atoms with van der Waals surface area (Å²) in [6.07, 6.45) is 7.93. The second-order valence-electron chi connectivity index (χ2n) is 5.54. The topological polar surface area (TPSA) is 56.7 Å². The molecule has 1 atom stereocenters. The van der Waals surface area contributed by atoms with Crippen LogP contribution in [0.1, 0.15) is 38.2 Å².